The molecule has 9 aromatic rings. The van der Waals surface area contributed by atoms with Crippen LogP contribution in [0.25, 0.3) is 81.3 Å². The number of thiophene rings is 1. The Bertz CT molecular complexity index is 2610. The zero-order chi connectivity index (χ0) is 31.8. The lowest BCUT2D eigenvalue weighted by atomic mass is 9.88. The van der Waals surface area contributed by atoms with Gasteiger partial charge in [-0.05, 0) is 76.6 Å². The lowest BCUT2D eigenvalue weighted by molar-refractivity contribution is 0.673. The van der Waals surface area contributed by atoms with Crippen LogP contribution < -0.4 is 0 Å². The summed E-state index contributed by atoms with van der Waals surface area (Å²) in [5.74, 6) is 1.49. The SMILES string of the molecule is CC(C)c1cc(-c2ccccc2)cc(C(C)C)c1-n1c(-c2cccc3c2oc2c3ccc3c4ccccc4sc32)nc2ccccc21. The minimum atomic E-state index is 0.295. The topological polar surface area (TPSA) is 31.0 Å². The quantitative estimate of drug-likeness (QED) is 0.190. The highest BCUT2D eigenvalue weighted by molar-refractivity contribution is 7.26. The number of rotatable bonds is 5. The highest BCUT2D eigenvalue weighted by Crippen LogP contribution is 2.45. The summed E-state index contributed by atoms with van der Waals surface area (Å²) in [4.78, 5) is 5.36. The van der Waals surface area contributed by atoms with Crippen LogP contribution in [0.4, 0.5) is 0 Å². The van der Waals surface area contributed by atoms with Crippen molar-refractivity contribution in [1.82, 2.24) is 9.55 Å². The number of hydrogen-bond donors (Lipinski definition) is 0. The van der Waals surface area contributed by atoms with Crippen molar-refractivity contribution in [2.75, 3.05) is 0 Å². The summed E-state index contributed by atoms with van der Waals surface area (Å²) in [6.45, 7) is 9.19. The molecule has 0 spiro atoms. The van der Waals surface area contributed by atoms with Gasteiger partial charge in [0.05, 0.1) is 27.0 Å². The van der Waals surface area contributed by atoms with E-state index in [2.05, 4.69) is 154 Å². The Hall–Kier alpha value is -5.19. The van der Waals surface area contributed by atoms with Crippen LogP contribution in [0.2, 0.25) is 0 Å². The first-order valence-corrected chi connectivity index (χ1v) is 17.3. The fourth-order valence-corrected chi connectivity index (χ4v) is 8.45. The van der Waals surface area contributed by atoms with Crippen molar-refractivity contribution < 1.29 is 4.42 Å². The van der Waals surface area contributed by atoms with Crippen molar-refractivity contribution >= 4 is 64.5 Å². The molecular weight excluding hydrogens is 593 g/mol. The van der Waals surface area contributed by atoms with Crippen LogP contribution in [-0.2, 0) is 0 Å². The van der Waals surface area contributed by atoms with E-state index in [1.807, 2.05) is 11.3 Å². The number of fused-ring (bicyclic) bond motifs is 8. The summed E-state index contributed by atoms with van der Waals surface area (Å²) in [5, 5.41) is 4.77. The normalized spacial score (nSPS) is 12.2. The summed E-state index contributed by atoms with van der Waals surface area (Å²) >= 11 is 1.81. The molecule has 0 amide bonds. The molecule has 0 atom stereocenters. The van der Waals surface area contributed by atoms with Gasteiger partial charge in [0, 0.05) is 26.2 Å². The van der Waals surface area contributed by atoms with E-state index >= 15 is 0 Å². The standard InChI is InChI=1S/C43H34N2OS/c1-25(2)34-23-28(27-13-6-5-7-14-27)24-35(26(3)4)39(34)45-37-19-10-9-18-36(37)44-43(45)33-17-12-16-30-31-21-22-32-29-15-8-11-20-38(29)47-42(32)41(31)46-40(30)33/h5-26H,1-4H3. The first-order valence-electron chi connectivity index (χ1n) is 16.4. The number of benzene rings is 6. The number of imidazole rings is 1. The summed E-state index contributed by atoms with van der Waals surface area (Å²) < 4.78 is 11.8. The zero-order valence-electron chi connectivity index (χ0n) is 26.9. The Kier molecular flexibility index (Phi) is 6.38. The molecule has 3 heterocycles. The van der Waals surface area contributed by atoms with Crippen LogP contribution in [0, 0.1) is 0 Å². The van der Waals surface area contributed by atoms with Crippen molar-refractivity contribution in [3.63, 3.8) is 0 Å². The van der Waals surface area contributed by atoms with Crippen molar-refractivity contribution in [1.29, 1.82) is 0 Å². The van der Waals surface area contributed by atoms with Crippen LogP contribution in [-0.4, -0.2) is 9.55 Å². The van der Waals surface area contributed by atoms with Gasteiger partial charge >= 0.3 is 0 Å². The highest BCUT2D eigenvalue weighted by atomic mass is 32.1. The minimum Gasteiger partial charge on any atom is -0.454 e. The second-order valence-corrected chi connectivity index (χ2v) is 14.2. The van der Waals surface area contributed by atoms with E-state index in [1.165, 1.54) is 48.1 Å². The molecule has 0 aliphatic rings. The Morgan fingerprint density at radius 3 is 2.04 bits per heavy atom. The Morgan fingerprint density at radius 2 is 1.26 bits per heavy atom. The van der Waals surface area contributed by atoms with Gasteiger partial charge < -0.3 is 4.42 Å². The average molecular weight is 627 g/mol. The largest absolute Gasteiger partial charge is 0.454 e. The molecule has 228 valence electrons. The molecule has 0 saturated heterocycles. The fraction of sp³-hybridized carbons (Fsp3) is 0.140. The third-order valence-corrected chi connectivity index (χ3v) is 10.7. The summed E-state index contributed by atoms with van der Waals surface area (Å²) in [7, 11) is 0. The number of furan rings is 1. The van der Waals surface area contributed by atoms with E-state index in [1.54, 1.807) is 0 Å². The molecule has 0 bridgehead atoms. The van der Waals surface area contributed by atoms with Gasteiger partial charge in [-0.25, -0.2) is 4.98 Å². The van der Waals surface area contributed by atoms with E-state index in [-0.39, 0.29) is 0 Å². The van der Waals surface area contributed by atoms with Crippen LogP contribution in [0.15, 0.2) is 126 Å². The van der Waals surface area contributed by atoms with Gasteiger partial charge in [0.2, 0.25) is 0 Å². The van der Waals surface area contributed by atoms with Gasteiger partial charge in [-0.15, -0.1) is 11.3 Å². The van der Waals surface area contributed by atoms with Crippen LogP contribution in [0.3, 0.4) is 0 Å². The van der Waals surface area contributed by atoms with Crippen molar-refractivity contribution in [2.24, 2.45) is 0 Å². The first-order chi connectivity index (χ1) is 23.0. The monoisotopic (exact) mass is 626 g/mol. The van der Waals surface area contributed by atoms with Crippen LogP contribution in [0.5, 0.6) is 0 Å². The maximum Gasteiger partial charge on any atom is 0.153 e. The molecule has 0 aliphatic carbocycles. The second-order valence-electron chi connectivity index (χ2n) is 13.1. The van der Waals surface area contributed by atoms with Crippen molar-refractivity contribution in [3.8, 4) is 28.2 Å². The van der Waals surface area contributed by atoms with E-state index in [4.69, 9.17) is 9.40 Å². The first kappa shape index (κ1) is 28.1. The molecular formula is C43H34N2OS. The molecule has 3 aromatic heterocycles. The van der Waals surface area contributed by atoms with Crippen LogP contribution in [0.1, 0.15) is 50.7 Å². The molecule has 0 saturated carbocycles. The van der Waals surface area contributed by atoms with Crippen LogP contribution >= 0.6 is 11.3 Å². The summed E-state index contributed by atoms with van der Waals surface area (Å²) in [5.41, 5.74) is 11.2. The summed E-state index contributed by atoms with van der Waals surface area (Å²) in [6.07, 6.45) is 0. The third kappa shape index (κ3) is 4.28. The average Bonchev–Trinajstić information content (AvgIpc) is 3.79. The van der Waals surface area contributed by atoms with Gasteiger partial charge in [0.1, 0.15) is 11.4 Å². The lowest BCUT2D eigenvalue weighted by Gasteiger charge is -2.24. The Labute approximate surface area is 277 Å². The lowest BCUT2D eigenvalue weighted by Crippen LogP contribution is -2.09. The highest BCUT2D eigenvalue weighted by Gasteiger charge is 2.26. The second kappa shape index (κ2) is 10.7. The number of nitrogens with zero attached hydrogens (tertiary/aromatic N) is 2. The molecule has 0 fully saturated rings. The van der Waals surface area contributed by atoms with Gasteiger partial charge in [0.25, 0.3) is 0 Å². The summed E-state index contributed by atoms with van der Waals surface area (Å²) in [6, 6.07) is 43.6. The fourth-order valence-electron chi connectivity index (χ4n) is 7.26. The third-order valence-electron chi connectivity index (χ3n) is 9.56. The predicted octanol–water partition coefficient (Wildman–Crippen LogP) is 12.9. The molecule has 6 aromatic carbocycles. The van der Waals surface area contributed by atoms with E-state index < -0.39 is 0 Å². The Morgan fingerprint density at radius 1 is 0.596 bits per heavy atom. The van der Waals surface area contributed by atoms with Gasteiger partial charge in [-0.1, -0.05) is 107 Å². The molecule has 4 heteroatoms. The smallest absolute Gasteiger partial charge is 0.153 e. The minimum absolute atomic E-state index is 0.295. The van der Waals surface area contributed by atoms with E-state index in [0.717, 1.165) is 44.4 Å². The van der Waals surface area contributed by atoms with Gasteiger partial charge in [-0.3, -0.25) is 4.57 Å². The van der Waals surface area contributed by atoms with Gasteiger partial charge in [-0.2, -0.15) is 0 Å². The maximum atomic E-state index is 6.96. The van der Waals surface area contributed by atoms with E-state index in [0.29, 0.717) is 11.8 Å². The molecule has 3 nitrogen and oxygen atoms in total. The van der Waals surface area contributed by atoms with Gasteiger partial charge in [0.15, 0.2) is 5.58 Å². The molecule has 47 heavy (non-hydrogen) atoms. The predicted molar refractivity (Wildman–Crippen MR) is 200 cm³/mol. The van der Waals surface area contributed by atoms with Crippen molar-refractivity contribution in [2.45, 2.75) is 39.5 Å². The number of para-hydroxylation sites is 3. The molecule has 0 radical (unpaired) electrons. The number of hydrogen-bond acceptors (Lipinski definition) is 3. The maximum absolute atomic E-state index is 6.96. The molecule has 0 unspecified atom stereocenters. The zero-order valence-corrected chi connectivity index (χ0v) is 27.7. The Balaban J connectivity index is 1.37. The molecule has 9 rings (SSSR count). The molecule has 0 N–H and O–H groups in total. The molecule has 0 aliphatic heterocycles. The van der Waals surface area contributed by atoms with E-state index in [9.17, 15) is 0 Å². The number of aromatic nitrogens is 2. The van der Waals surface area contributed by atoms with Crippen molar-refractivity contribution in [3.05, 3.63) is 132 Å².